The topological polar surface area (TPSA) is 40.1 Å². The van der Waals surface area contributed by atoms with Gasteiger partial charge in [-0.15, -0.1) is 0 Å². The highest BCUT2D eigenvalue weighted by Crippen LogP contribution is 2.18. The molecule has 144 valence electrons. The van der Waals surface area contributed by atoms with Gasteiger partial charge in [-0.25, -0.2) is 0 Å². The predicted molar refractivity (Wildman–Crippen MR) is 107 cm³/mol. The van der Waals surface area contributed by atoms with Gasteiger partial charge in [-0.1, -0.05) is 37.3 Å². The van der Waals surface area contributed by atoms with Crippen LogP contribution < -0.4 is 5.32 Å². The molecule has 26 heavy (non-hydrogen) atoms. The highest BCUT2D eigenvalue weighted by molar-refractivity contribution is 5.80. The first-order chi connectivity index (χ1) is 12.8. The Morgan fingerprint density at radius 1 is 1.23 bits per heavy atom. The van der Waals surface area contributed by atoms with E-state index >= 15 is 0 Å². The van der Waals surface area contributed by atoms with Crippen LogP contribution in [0.4, 0.5) is 0 Å². The first-order valence-electron chi connectivity index (χ1n) is 10.1. The van der Waals surface area contributed by atoms with Crippen LogP contribution >= 0.6 is 0 Å². The van der Waals surface area contributed by atoms with Crippen molar-refractivity contribution >= 4 is 5.96 Å². The van der Waals surface area contributed by atoms with Gasteiger partial charge in [0.15, 0.2) is 5.96 Å². The number of likely N-dealkylation sites (N-methyl/N-ethyl adjacent to an activating group) is 1. The average molecular weight is 359 g/mol. The summed E-state index contributed by atoms with van der Waals surface area (Å²) in [5.41, 5.74) is 1.25. The lowest BCUT2D eigenvalue weighted by Crippen LogP contribution is -2.46. The summed E-state index contributed by atoms with van der Waals surface area (Å²) in [5.74, 6) is 1.65. The maximum absolute atomic E-state index is 5.94. The van der Waals surface area contributed by atoms with Gasteiger partial charge in [-0.05, 0) is 37.9 Å². The summed E-state index contributed by atoms with van der Waals surface area (Å²) in [5, 5.41) is 3.61. The Kier molecular flexibility index (Phi) is 7.32. The third-order valence-corrected chi connectivity index (χ3v) is 5.66. The first kappa shape index (κ1) is 19.2. The quantitative estimate of drug-likeness (QED) is 0.601. The first-order valence-corrected chi connectivity index (χ1v) is 10.1. The Hall–Kier alpha value is -1.59. The molecule has 0 saturated carbocycles. The normalized spacial score (nSPS) is 24.4. The number of guanidine groups is 1. The lowest BCUT2D eigenvalue weighted by molar-refractivity contribution is 0.0906. The highest BCUT2D eigenvalue weighted by atomic mass is 16.5. The molecule has 5 nitrogen and oxygen atoms in total. The summed E-state index contributed by atoms with van der Waals surface area (Å²) in [4.78, 5) is 9.48. The van der Waals surface area contributed by atoms with Gasteiger partial charge < -0.3 is 15.0 Å². The van der Waals surface area contributed by atoms with E-state index in [0.29, 0.717) is 18.6 Å². The molecule has 5 heteroatoms. The summed E-state index contributed by atoms with van der Waals surface area (Å²) in [6, 6.07) is 11.1. The zero-order chi connectivity index (χ0) is 18.2. The van der Waals surface area contributed by atoms with Crippen molar-refractivity contribution in [2.45, 2.75) is 38.8 Å². The van der Waals surface area contributed by atoms with E-state index in [4.69, 9.17) is 4.74 Å². The van der Waals surface area contributed by atoms with E-state index in [0.717, 1.165) is 38.7 Å². The van der Waals surface area contributed by atoms with Crippen LogP contribution in [-0.4, -0.2) is 68.2 Å². The van der Waals surface area contributed by atoms with Crippen molar-refractivity contribution in [1.82, 2.24) is 15.1 Å². The van der Waals surface area contributed by atoms with E-state index in [-0.39, 0.29) is 0 Å². The fourth-order valence-electron chi connectivity index (χ4n) is 4.16. The van der Waals surface area contributed by atoms with E-state index in [9.17, 15) is 0 Å². The molecule has 0 amide bonds. The molecule has 0 bridgehead atoms. The van der Waals surface area contributed by atoms with Crippen LogP contribution in [0.5, 0.6) is 0 Å². The number of rotatable bonds is 7. The minimum Gasteiger partial charge on any atom is -0.376 e. The number of aliphatic imine (C=N–C) groups is 1. The molecule has 0 aliphatic carbocycles. The fourth-order valence-corrected chi connectivity index (χ4v) is 4.16. The van der Waals surface area contributed by atoms with Crippen molar-refractivity contribution in [1.29, 1.82) is 0 Å². The summed E-state index contributed by atoms with van der Waals surface area (Å²) in [6.07, 6.45) is 3.80. The molecule has 1 N–H and O–H groups in total. The van der Waals surface area contributed by atoms with Gasteiger partial charge in [0.2, 0.25) is 0 Å². The molecule has 2 atom stereocenters. The van der Waals surface area contributed by atoms with E-state index in [1.807, 2.05) is 13.1 Å². The third kappa shape index (κ3) is 5.21. The van der Waals surface area contributed by atoms with Crippen molar-refractivity contribution in [3.8, 4) is 0 Å². The minimum absolute atomic E-state index is 0.593. The Balaban J connectivity index is 1.39. The molecule has 0 aromatic heterocycles. The van der Waals surface area contributed by atoms with Gasteiger partial charge in [0, 0.05) is 38.6 Å². The zero-order valence-electron chi connectivity index (χ0n) is 16.4. The van der Waals surface area contributed by atoms with Gasteiger partial charge in [0.05, 0.1) is 13.2 Å². The van der Waals surface area contributed by atoms with Crippen LogP contribution in [0.15, 0.2) is 35.3 Å². The maximum Gasteiger partial charge on any atom is 0.193 e. The number of nitrogens with zero attached hydrogens (tertiary/aromatic N) is 3. The van der Waals surface area contributed by atoms with Crippen molar-refractivity contribution in [3.63, 3.8) is 0 Å². The second-order valence-electron chi connectivity index (χ2n) is 7.45. The van der Waals surface area contributed by atoms with Gasteiger partial charge in [-0.3, -0.25) is 9.89 Å². The lowest BCUT2D eigenvalue weighted by atomic mass is 10.1. The molecule has 3 rings (SSSR count). The Bertz CT molecular complexity index is 562. The number of likely N-dealkylation sites (tertiary alicyclic amines) is 2. The van der Waals surface area contributed by atoms with E-state index in [1.165, 1.54) is 31.4 Å². The van der Waals surface area contributed by atoms with Crippen LogP contribution in [0, 0.1) is 5.92 Å². The molecule has 1 aromatic carbocycles. The van der Waals surface area contributed by atoms with Crippen molar-refractivity contribution in [2.24, 2.45) is 10.9 Å². The molecule has 2 saturated heterocycles. The van der Waals surface area contributed by atoms with Crippen molar-refractivity contribution < 1.29 is 4.74 Å². The molecular weight excluding hydrogens is 324 g/mol. The van der Waals surface area contributed by atoms with Crippen LogP contribution in [-0.2, 0) is 11.3 Å². The van der Waals surface area contributed by atoms with E-state index in [1.54, 1.807) is 0 Å². The summed E-state index contributed by atoms with van der Waals surface area (Å²) in [7, 11) is 1.90. The third-order valence-electron chi connectivity index (χ3n) is 5.66. The SMILES string of the molecule is CCN1CCCC1CNC(=NC)N1CCC(COCc2ccccc2)C1. The molecule has 2 fully saturated rings. The molecule has 2 heterocycles. The van der Waals surface area contributed by atoms with E-state index < -0.39 is 0 Å². The second kappa shape index (κ2) is 9.93. The second-order valence-corrected chi connectivity index (χ2v) is 7.45. The number of benzene rings is 1. The summed E-state index contributed by atoms with van der Waals surface area (Å²) in [6.45, 7) is 9.30. The largest absolute Gasteiger partial charge is 0.376 e. The number of hydrogen-bond acceptors (Lipinski definition) is 3. The zero-order valence-corrected chi connectivity index (χ0v) is 16.4. The Labute approximate surface area is 158 Å². The monoisotopic (exact) mass is 358 g/mol. The van der Waals surface area contributed by atoms with Gasteiger partial charge in [0.25, 0.3) is 0 Å². The Morgan fingerprint density at radius 3 is 2.85 bits per heavy atom. The highest BCUT2D eigenvalue weighted by Gasteiger charge is 2.27. The van der Waals surface area contributed by atoms with Crippen LogP contribution in [0.3, 0.4) is 0 Å². The number of nitrogens with one attached hydrogen (secondary N) is 1. The lowest BCUT2D eigenvalue weighted by Gasteiger charge is -2.27. The number of hydrogen-bond donors (Lipinski definition) is 1. The fraction of sp³-hybridized carbons (Fsp3) is 0.667. The van der Waals surface area contributed by atoms with Crippen molar-refractivity contribution in [2.75, 3.05) is 46.4 Å². The van der Waals surface area contributed by atoms with Gasteiger partial charge >= 0.3 is 0 Å². The molecule has 0 radical (unpaired) electrons. The summed E-state index contributed by atoms with van der Waals surface area (Å²) < 4.78 is 5.94. The van der Waals surface area contributed by atoms with Crippen LogP contribution in [0.2, 0.25) is 0 Å². The molecule has 2 aliphatic heterocycles. The molecule has 2 aliphatic rings. The number of ether oxygens (including phenoxy) is 1. The molecule has 2 unspecified atom stereocenters. The van der Waals surface area contributed by atoms with Crippen LogP contribution in [0.1, 0.15) is 31.7 Å². The molecule has 1 aromatic rings. The predicted octanol–water partition coefficient (Wildman–Crippen LogP) is 2.58. The van der Waals surface area contributed by atoms with E-state index in [2.05, 4.69) is 51.3 Å². The minimum atomic E-state index is 0.593. The average Bonchev–Trinajstić information content (AvgIpc) is 3.33. The Morgan fingerprint density at radius 2 is 2.08 bits per heavy atom. The standard InChI is InChI=1S/C21H34N4O/c1-3-24-12-7-10-20(24)14-23-21(22-2)25-13-11-19(15-25)17-26-16-18-8-5-4-6-9-18/h4-6,8-9,19-20H,3,7,10-17H2,1-2H3,(H,22,23). The smallest absolute Gasteiger partial charge is 0.193 e. The van der Waals surface area contributed by atoms with Crippen LogP contribution in [0.25, 0.3) is 0 Å². The molecular formula is C21H34N4O. The maximum atomic E-state index is 5.94. The van der Waals surface area contributed by atoms with Gasteiger partial charge in [0.1, 0.15) is 0 Å². The summed E-state index contributed by atoms with van der Waals surface area (Å²) >= 11 is 0. The van der Waals surface area contributed by atoms with Gasteiger partial charge in [-0.2, -0.15) is 0 Å². The van der Waals surface area contributed by atoms with Crippen molar-refractivity contribution in [3.05, 3.63) is 35.9 Å². The molecule has 0 spiro atoms.